The van der Waals surface area contributed by atoms with E-state index in [0.717, 1.165) is 0 Å². The van der Waals surface area contributed by atoms with E-state index >= 15 is 0 Å². The molecule has 0 saturated carbocycles. The van der Waals surface area contributed by atoms with Crippen molar-refractivity contribution in [3.63, 3.8) is 0 Å². The Kier molecular flexibility index (Phi) is 46.2. The summed E-state index contributed by atoms with van der Waals surface area (Å²) in [4.78, 5) is 61.0. The number of aliphatic hydroxyl groups is 2. The van der Waals surface area contributed by atoms with Gasteiger partial charge in [-0.1, -0.05) is 0 Å². The van der Waals surface area contributed by atoms with Gasteiger partial charge in [-0.3, -0.25) is 28.3 Å². The molecule has 206 valence electrons. The van der Waals surface area contributed by atoms with E-state index in [1.54, 1.807) is 0 Å². The Labute approximate surface area is 289 Å². The van der Waals surface area contributed by atoms with Crippen molar-refractivity contribution in [2.75, 3.05) is 0 Å². The summed E-state index contributed by atoms with van der Waals surface area (Å²) in [6.45, 7) is 0. The molecule has 0 amide bonds. The van der Waals surface area contributed by atoms with Gasteiger partial charge in [0.1, 0.15) is 0 Å². The Bertz CT molecular complexity index is 725. The molecule has 0 aromatic carbocycles. The molecule has 0 aliphatic carbocycles. The zero-order chi connectivity index (χ0) is 25.8. The second-order valence-electron chi connectivity index (χ2n) is 5.40. The van der Waals surface area contributed by atoms with E-state index in [2.05, 4.69) is 0 Å². The van der Waals surface area contributed by atoms with Crippen molar-refractivity contribution in [2.45, 2.75) is 36.9 Å². The molecule has 0 radical (unpaired) electrons. The molecule has 0 saturated heterocycles. The fraction of sp³-hybridized carbons (Fsp3) is 0.500. The third-order valence-corrected chi connectivity index (χ3v) is 2.57. The minimum atomic E-state index is -4.67. The molecular formula is C12H27MgNa3O20S. The van der Waals surface area contributed by atoms with E-state index in [9.17, 15) is 28.8 Å². The van der Waals surface area contributed by atoms with E-state index < -0.39 is 83.1 Å². The quantitative estimate of drug-likeness (QED) is 0.0804. The van der Waals surface area contributed by atoms with Crippen LogP contribution in [0.5, 0.6) is 0 Å². The molecule has 0 aliphatic rings. The van der Waals surface area contributed by atoms with Crippen molar-refractivity contribution in [3.8, 4) is 0 Å². The topological polar surface area (TPSA) is 402 Å². The van der Waals surface area contributed by atoms with Crippen molar-refractivity contribution in [1.82, 2.24) is 0 Å². The molecule has 14 N–H and O–H groups in total. The average Bonchev–Trinajstić information content (AvgIpc) is 2.41. The molecule has 0 spiro atoms. The predicted molar refractivity (Wildman–Crippen MR) is 126 cm³/mol. The Morgan fingerprint density at radius 3 is 0.676 bits per heavy atom. The molecule has 37 heavy (non-hydrogen) atoms. The molecule has 0 bridgehead atoms. The number of carbonyl (C=O) groups is 6. The van der Waals surface area contributed by atoms with E-state index in [4.69, 9.17) is 58.4 Å². The number of rotatable bonds is 10. The maximum atomic E-state index is 10.3. The third kappa shape index (κ3) is 40.9. The van der Waals surface area contributed by atoms with Crippen LogP contribution in [0.15, 0.2) is 0 Å². The van der Waals surface area contributed by atoms with Gasteiger partial charge < -0.3 is 51.8 Å². The van der Waals surface area contributed by atoms with Gasteiger partial charge >= 0.3 is 158 Å². The number of hydrogen-bond donors (Lipinski definition) is 10. The first-order valence-corrected chi connectivity index (χ1v) is 8.44. The summed E-state index contributed by atoms with van der Waals surface area (Å²) in [6.07, 6.45) is -4.58. The van der Waals surface area contributed by atoms with Crippen LogP contribution in [0.25, 0.3) is 0 Å². The molecule has 0 fully saturated rings. The molecule has 25 heteroatoms. The van der Waals surface area contributed by atoms with Crippen molar-refractivity contribution >= 4 is 158 Å². The summed E-state index contributed by atoms with van der Waals surface area (Å²) in [5.41, 5.74) is -5.48. The van der Waals surface area contributed by atoms with Crippen molar-refractivity contribution in [1.29, 1.82) is 0 Å². The molecule has 0 heterocycles. The predicted octanol–water partition coefficient (Wildman–Crippen LogP) is -7.66. The molecule has 0 aromatic rings. The first-order chi connectivity index (χ1) is 13.6. The van der Waals surface area contributed by atoms with E-state index in [1.165, 1.54) is 0 Å². The number of hydrogen-bond acceptors (Lipinski definition) is 10. The van der Waals surface area contributed by atoms with Gasteiger partial charge in [-0.2, -0.15) is 8.42 Å². The zero-order valence-corrected chi connectivity index (χ0v) is 16.8. The van der Waals surface area contributed by atoms with Crippen molar-refractivity contribution in [2.24, 2.45) is 0 Å². The van der Waals surface area contributed by atoms with Gasteiger partial charge in [-0.25, -0.2) is 9.59 Å². The summed E-state index contributed by atoms with van der Waals surface area (Å²) in [5, 5.41) is 67.6. The minimum absolute atomic E-state index is 0. The Morgan fingerprint density at radius 2 is 0.622 bits per heavy atom. The van der Waals surface area contributed by atoms with Gasteiger partial charge in [-0.05, 0) is 0 Å². The van der Waals surface area contributed by atoms with Crippen LogP contribution in [-0.4, -0.2) is 228 Å². The summed E-state index contributed by atoms with van der Waals surface area (Å²) < 4.78 is 31.6. The van der Waals surface area contributed by atoms with E-state index in [1.807, 2.05) is 0 Å². The van der Waals surface area contributed by atoms with Crippen LogP contribution in [0.3, 0.4) is 0 Å². The molecule has 0 aromatic heterocycles. The summed E-state index contributed by atoms with van der Waals surface area (Å²) in [6, 6.07) is 0. The van der Waals surface area contributed by atoms with Gasteiger partial charge in [0.05, 0.1) is 25.7 Å². The fourth-order valence-corrected chi connectivity index (χ4v) is 1.43. The number of carboxylic acids is 6. The van der Waals surface area contributed by atoms with Gasteiger partial charge in [0.15, 0.2) is 11.2 Å². The Hall–Kier alpha value is 0.296. The normalized spacial score (nSPS) is 9.19. The van der Waals surface area contributed by atoms with Crippen LogP contribution in [0.2, 0.25) is 0 Å². The van der Waals surface area contributed by atoms with Crippen LogP contribution >= 0.6 is 0 Å². The van der Waals surface area contributed by atoms with Gasteiger partial charge in [0.2, 0.25) is 0 Å². The first-order valence-electron chi connectivity index (χ1n) is 7.04. The zero-order valence-electron chi connectivity index (χ0n) is 16.0. The van der Waals surface area contributed by atoms with Crippen LogP contribution in [-0.2, 0) is 39.2 Å². The van der Waals surface area contributed by atoms with Gasteiger partial charge in [0, 0.05) is 0 Å². The molecular weight excluding hydrogens is 589 g/mol. The number of carboxylic acid groups (broad SMARTS) is 6. The average molecular weight is 617 g/mol. The second kappa shape index (κ2) is 27.8. The van der Waals surface area contributed by atoms with Crippen LogP contribution < -0.4 is 0 Å². The molecule has 0 rings (SSSR count). The first kappa shape index (κ1) is 61.4. The van der Waals surface area contributed by atoms with Crippen molar-refractivity contribution in [3.05, 3.63) is 0 Å². The van der Waals surface area contributed by atoms with E-state index in [0.29, 0.717) is 0 Å². The fourth-order valence-electron chi connectivity index (χ4n) is 1.43. The molecule has 0 atom stereocenters. The van der Waals surface area contributed by atoms with Crippen LogP contribution in [0, 0.1) is 0 Å². The SMILES string of the molecule is O.O.O=C(O)CC(O)(CC(=O)O)C(=O)O.O=C(O)CC(O)(CC(=O)O)C(=O)O.O=S(=O)(O)O.[MgH2].[NaH].[NaH].[NaH]. The third-order valence-electron chi connectivity index (χ3n) is 2.57. The summed E-state index contributed by atoms with van der Waals surface area (Å²) in [5.74, 6) is -10.0. The van der Waals surface area contributed by atoms with E-state index in [-0.39, 0.29) is 123 Å². The summed E-state index contributed by atoms with van der Waals surface area (Å²) in [7, 11) is -4.67. The molecule has 0 unspecified atom stereocenters. The van der Waals surface area contributed by atoms with Gasteiger partial charge in [-0.15, -0.1) is 0 Å². The standard InChI is InChI=1S/2C6H8O7.Mg.3Na.H2O4S.2H2O.5H/c2*7-3(8)1-6(13,5(11)12)2-4(9)10;;;;;1-5(2,3)4;;;;;;;/h2*13H,1-2H2,(H,7,8)(H,9,10)(H,11,12);;;;;(H2,1,2,3,4);2*1H2;;;;;. The van der Waals surface area contributed by atoms with Crippen LogP contribution in [0.4, 0.5) is 0 Å². The Morgan fingerprint density at radius 1 is 0.514 bits per heavy atom. The van der Waals surface area contributed by atoms with Crippen LogP contribution in [0.1, 0.15) is 25.7 Å². The molecule has 0 aliphatic heterocycles. The second-order valence-corrected chi connectivity index (χ2v) is 6.30. The summed E-state index contributed by atoms with van der Waals surface area (Å²) >= 11 is 0. The maximum absolute atomic E-state index is 10.3. The Balaban J connectivity index is -0.0000000450. The monoisotopic (exact) mass is 616 g/mol. The van der Waals surface area contributed by atoms with Gasteiger partial charge in [0.25, 0.3) is 0 Å². The molecule has 20 nitrogen and oxygen atoms in total. The number of aliphatic carboxylic acids is 6. The van der Waals surface area contributed by atoms with Crippen molar-refractivity contribution < 1.29 is 98.1 Å².